The van der Waals surface area contributed by atoms with Crippen molar-refractivity contribution >= 4 is 5.91 Å². The normalized spacial score (nSPS) is 16.3. The Morgan fingerprint density at radius 2 is 2.05 bits per heavy atom. The highest BCUT2D eigenvalue weighted by molar-refractivity contribution is 5.77. The summed E-state index contributed by atoms with van der Waals surface area (Å²) in [5, 5.41) is 20.9. The van der Waals surface area contributed by atoms with Crippen LogP contribution in [-0.2, 0) is 10.4 Å². The maximum absolute atomic E-state index is 13.1. The lowest BCUT2D eigenvalue weighted by Gasteiger charge is -2.28. The third kappa shape index (κ3) is 4.21. The fourth-order valence-corrected chi connectivity index (χ4v) is 1.63. The third-order valence-corrected chi connectivity index (χ3v) is 2.99. The van der Waals surface area contributed by atoms with Crippen molar-refractivity contribution in [2.24, 2.45) is 5.92 Å². The van der Waals surface area contributed by atoms with E-state index < -0.39 is 29.9 Å². The topological polar surface area (TPSA) is 82.7 Å². The van der Waals surface area contributed by atoms with Crippen molar-refractivity contribution < 1.29 is 32.6 Å². The van der Waals surface area contributed by atoms with Gasteiger partial charge in [0.25, 0.3) is 0 Å². The number of hydrogen-bond acceptors (Lipinski definition) is 4. The van der Waals surface area contributed by atoms with Crippen molar-refractivity contribution in [1.29, 1.82) is 0 Å². The van der Waals surface area contributed by atoms with Gasteiger partial charge in [-0.3, -0.25) is 4.79 Å². The van der Waals surface area contributed by atoms with Gasteiger partial charge in [-0.05, 0) is 25.0 Å². The lowest BCUT2D eigenvalue weighted by Crippen LogP contribution is -2.46. The molecular formula is C13H18F3NO4. The Morgan fingerprint density at radius 1 is 1.43 bits per heavy atom. The fourth-order valence-electron chi connectivity index (χ4n) is 1.63. The van der Waals surface area contributed by atoms with E-state index in [0.717, 1.165) is 6.07 Å². The van der Waals surface area contributed by atoms with E-state index >= 15 is 0 Å². The minimum absolute atomic E-state index is 0.0143. The molecule has 5 nitrogen and oxygen atoms in total. The third-order valence-electron chi connectivity index (χ3n) is 2.99. The van der Waals surface area contributed by atoms with E-state index in [4.69, 9.17) is 9.52 Å². The van der Waals surface area contributed by atoms with E-state index in [1.165, 1.54) is 13.0 Å². The first-order chi connectivity index (χ1) is 9.60. The molecule has 21 heavy (non-hydrogen) atoms. The van der Waals surface area contributed by atoms with Crippen LogP contribution in [0.5, 0.6) is 0 Å². The van der Waals surface area contributed by atoms with Gasteiger partial charge in [-0.15, -0.1) is 0 Å². The predicted octanol–water partition coefficient (Wildman–Crippen LogP) is 1.47. The second-order valence-corrected chi connectivity index (χ2v) is 5.04. The highest BCUT2D eigenvalue weighted by atomic mass is 19.4. The summed E-state index contributed by atoms with van der Waals surface area (Å²) in [5.41, 5.74) is -3.38. The minimum Gasteiger partial charge on any atom is -0.463 e. The fraction of sp³-hybridized carbons (Fsp3) is 0.615. The van der Waals surface area contributed by atoms with Crippen molar-refractivity contribution in [2.45, 2.75) is 32.0 Å². The zero-order chi connectivity index (χ0) is 16.3. The molecule has 0 aromatic carbocycles. The van der Waals surface area contributed by atoms with Crippen LogP contribution in [0.15, 0.2) is 16.5 Å². The lowest BCUT2D eigenvalue weighted by molar-refractivity contribution is -0.273. The van der Waals surface area contributed by atoms with Crippen molar-refractivity contribution in [1.82, 2.24) is 5.32 Å². The molecule has 120 valence electrons. The average Bonchev–Trinajstić information content (AvgIpc) is 2.81. The number of furan rings is 1. The largest absolute Gasteiger partial charge is 0.463 e. The molecule has 0 bridgehead atoms. The monoisotopic (exact) mass is 309 g/mol. The summed E-state index contributed by atoms with van der Waals surface area (Å²) >= 11 is 0. The zero-order valence-corrected chi connectivity index (χ0v) is 11.7. The highest BCUT2D eigenvalue weighted by Gasteiger charge is 2.58. The van der Waals surface area contributed by atoms with Gasteiger partial charge in [0.05, 0.1) is 6.42 Å². The summed E-state index contributed by atoms with van der Waals surface area (Å²) < 4.78 is 44.1. The lowest BCUT2D eigenvalue weighted by atomic mass is 9.95. The van der Waals surface area contributed by atoms with Crippen LogP contribution in [0.2, 0.25) is 0 Å². The number of aliphatic hydroxyl groups is 2. The second-order valence-electron chi connectivity index (χ2n) is 5.04. The van der Waals surface area contributed by atoms with Gasteiger partial charge in [0.1, 0.15) is 11.5 Å². The van der Waals surface area contributed by atoms with Crippen LogP contribution in [0.1, 0.15) is 24.9 Å². The van der Waals surface area contributed by atoms with Gasteiger partial charge >= 0.3 is 6.18 Å². The SMILES string of the molecule is Cc1ccc(C(O)(CC(=O)NCC(C)CO)C(F)(F)F)o1. The Labute approximate surface area is 119 Å². The van der Waals surface area contributed by atoms with Gasteiger partial charge in [0, 0.05) is 13.2 Å². The molecular weight excluding hydrogens is 291 g/mol. The van der Waals surface area contributed by atoms with Crippen LogP contribution >= 0.6 is 0 Å². The van der Waals surface area contributed by atoms with E-state index in [-0.39, 0.29) is 24.8 Å². The first-order valence-corrected chi connectivity index (χ1v) is 6.33. The molecule has 0 aliphatic heterocycles. The summed E-state index contributed by atoms with van der Waals surface area (Å²) in [4.78, 5) is 11.6. The number of aryl methyl sites for hydroxylation is 1. The van der Waals surface area contributed by atoms with E-state index in [2.05, 4.69) is 5.32 Å². The molecule has 0 radical (unpaired) electrons. The van der Waals surface area contributed by atoms with Crippen LogP contribution in [0.4, 0.5) is 13.2 Å². The maximum atomic E-state index is 13.1. The number of rotatable bonds is 6. The Hall–Kier alpha value is -1.54. The van der Waals surface area contributed by atoms with Gasteiger partial charge in [0.15, 0.2) is 0 Å². The molecule has 0 fully saturated rings. The van der Waals surface area contributed by atoms with Crippen LogP contribution in [-0.4, -0.2) is 35.4 Å². The van der Waals surface area contributed by atoms with E-state index in [1.807, 2.05) is 0 Å². The smallest absolute Gasteiger partial charge is 0.425 e. The van der Waals surface area contributed by atoms with Gasteiger partial charge < -0.3 is 19.9 Å². The Morgan fingerprint density at radius 3 is 2.48 bits per heavy atom. The summed E-state index contributed by atoms with van der Waals surface area (Å²) in [6.45, 7) is 2.86. The molecule has 1 rings (SSSR count). The molecule has 0 aliphatic rings. The molecule has 2 unspecified atom stereocenters. The minimum atomic E-state index is -5.06. The number of amides is 1. The van der Waals surface area contributed by atoms with E-state index in [0.29, 0.717) is 0 Å². The van der Waals surface area contributed by atoms with Crippen LogP contribution < -0.4 is 5.32 Å². The van der Waals surface area contributed by atoms with Crippen LogP contribution in [0, 0.1) is 12.8 Å². The van der Waals surface area contributed by atoms with Crippen molar-refractivity contribution in [3.8, 4) is 0 Å². The van der Waals surface area contributed by atoms with Gasteiger partial charge in [-0.25, -0.2) is 0 Å². The number of carbonyl (C=O) groups excluding carboxylic acids is 1. The van der Waals surface area contributed by atoms with Gasteiger partial charge in [-0.1, -0.05) is 6.92 Å². The zero-order valence-electron chi connectivity index (χ0n) is 11.7. The Bertz CT molecular complexity index is 486. The molecule has 0 spiro atoms. The number of alkyl halides is 3. The van der Waals surface area contributed by atoms with Gasteiger partial charge in [-0.2, -0.15) is 13.2 Å². The molecule has 0 aliphatic carbocycles. The van der Waals surface area contributed by atoms with Crippen molar-refractivity contribution in [3.05, 3.63) is 23.7 Å². The second kappa shape index (κ2) is 6.48. The number of aliphatic hydroxyl groups excluding tert-OH is 1. The van der Waals surface area contributed by atoms with Gasteiger partial charge in [0.2, 0.25) is 11.5 Å². The maximum Gasteiger partial charge on any atom is 0.425 e. The van der Waals surface area contributed by atoms with E-state index in [9.17, 15) is 23.1 Å². The van der Waals surface area contributed by atoms with E-state index in [1.54, 1.807) is 6.92 Å². The number of carbonyl (C=O) groups is 1. The molecule has 1 aromatic heterocycles. The van der Waals surface area contributed by atoms with Crippen LogP contribution in [0.25, 0.3) is 0 Å². The Kier molecular flexibility index (Phi) is 5.41. The van der Waals surface area contributed by atoms with Crippen molar-refractivity contribution in [3.63, 3.8) is 0 Å². The number of nitrogens with one attached hydrogen (secondary N) is 1. The Balaban J connectivity index is 2.88. The average molecular weight is 309 g/mol. The molecule has 3 N–H and O–H groups in total. The number of hydrogen-bond donors (Lipinski definition) is 3. The molecule has 0 saturated carbocycles. The summed E-state index contributed by atoms with van der Waals surface area (Å²) in [5.74, 6) is -1.80. The summed E-state index contributed by atoms with van der Waals surface area (Å²) in [6.07, 6.45) is -6.27. The van der Waals surface area contributed by atoms with Crippen LogP contribution in [0.3, 0.4) is 0 Å². The summed E-state index contributed by atoms with van der Waals surface area (Å²) in [7, 11) is 0. The predicted molar refractivity (Wildman–Crippen MR) is 67.3 cm³/mol. The summed E-state index contributed by atoms with van der Waals surface area (Å²) in [6, 6.07) is 2.27. The number of halogens is 3. The standard InChI is InChI=1S/C13H18F3NO4/c1-8(7-18)6-17-11(19)5-12(20,13(14,15)16)10-4-3-9(2)21-10/h3-4,8,18,20H,5-7H2,1-2H3,(H,17,19). The first-order valence-electron chi connectivity index (χ1n) is 6.33. The molecule has 8 heteroatoms. The molecule has 1 amide bonds. The highest BCUT2D eigenvalue weighted by Crippen LogP contribution is 2.42. The first kappa shape index (κ1) is 17.5. The molecule has 1 aromatic rings. The molecule has 2 atom stereocenters. The molecule has 0 saturated heterocycles. The van der Waals surface area contributed by atoms with Crippen molar-refractivity contribution in [2.75, 3.05) is 13.2 Å². The quantitative estimate of drug-likeness (QED) is 0.743. The molecule has 1 heterocycles.